The SMILES string of the molecule is O=C(N[C@@H](c1ccccc1)c1cc2ccccc2o1)c1ccncc1. The second-order valence-corrected chi connectivity index (χ2v) is 5.74. The van der Waals surface area contributed by atoms with Gasteiger partial charge in [-0.25, -0.2) is 0 Å². The minimum Gasteiger partial charge on any atom is -0.459 e. The summed E-state index contributed by atoms with van der Waals surface area (Å²) in [6, 6.07) is 22.6. The molecule has 1 amide bonds. The highest BCUT2D eigenvalue weighted by molar-refractivity contribution is 5.94. The molecule has 4 nitrogen and oxygen atoms in total. The number of fused-ring (bicyclic) bond motifs is 1. The lowest BCUT2D eigenvalue weighted by Crippen LogP contribution is -2.29. The van der Waals surface area contributed by atoms with Gasteiger partial charge in [0.25, 0.3) is 5.91 Å². The largest absolute Gasteiger partial charge is 0.459 e. The van der Waals surface area contributed by atoms with E-state index in [0.717, 1.165) is 16.5 Å². The minimum absolute atomic E-state index is 0.170. The first-order valence-electron chi connectivity index (χ1n) is 8.05. The van der Waals surface area contributed by atoms with E-state index in [4.69, 9.17) is 4.42 Å². The van der Waals surface area contributed by atoms with Crippen LogP contribution in [0.25, 0.3) is 11.0 Å². The third kappa shape index (κ3) is 3.15. The molecule has 122 valence electrons. The summed E-state index contributed by atoms with van der Waals surface area (Å²) in [5.74, 6) is 0.534. The van der Waals surface area contributed by atoms with Crippen molar-refractivity contribution in [2.45, 2.75) is 6.04 Å². The number of para-hydroxylation sites is 1. The maximum Gasteiger partial charge on any atom is 0.252 e. The highest BCUT2D eigenvalue weighted by Crippen LogP contribution is 2.28. The van der Waals surface area contributed by atoms with Crippen LogP contribution in [0.4, 0.5) is 0 Å². The summed E-state index contributed by atoms with van der Waals surface area (Å²) in [4.78, 5) is 16.6. The lowest BCUT2D eigenvalue weighted by molar-refractivity contribution is 0.0939. The van der Waals surface area contributed by atoms with Gasteiger partial charge in [-0.05, 0) is 29.8 Å². The number of rotatable bonds is 4. The van der Waals surface area contributed by atoms with E-state index >= 15 is 0 Å². The van der Waals surface area contributed by atoms with E-state index in [1.54, 1.807) is 24.5 Å². The van der Waals surface area contributed by atoms with Crippen LogP contribution in [0.3, 0.4) is 0 Å². The first-order valence-corrected chi connectivity index (χ1v) is 8.05. The van der Waals surface area contributed by atoms with Crippen molar-refractivity contribution in [3.8, 4) is 0 Å². The normalized spacial score (nSPS) is 12.0. The van der Waals surface area contributed by atoms with Crippen LogP contribution in [0, 0.1) is 0 Å². The number of benzene rings is 2. The van der Waals surface area contributed by atoms with Gasteiger partial charge in [0.2, 0.25) is 0 Å². The van der Waals surface area contributed by atoms with Crippen LogP contribution in [0.15, 0.2) is 89.6 Å². The number of nitrogens with one attached hydrogen (secondary N) is 1. The average molecular weight is 328 g/mol. The van der Waals surface area contributed by atoms with Gasteiger partial charge < -0.3 is 9.73 Å². The molecule has 0 unspecified atom stereocenters. The van der Waals surface area contributed by atoms with Crippen molar-refractivity contribution in [3.05, 3.63) is 102 Å². The van der Waals surface area contributed by atoms with E-state index in [1.807, 2.05) is 60.7 Å². The van der Waals surface area contributed by atoms with Crippen LogP contribution < -0.4 is 5.32 Å². The Morgan fingerprint density at radius 2 is 1.64 bits per heavy atom. The van der Waals surface area contributed by atoms with Gasteiger partial charge in [-0.15, -0.1) is 0 Å². The van der Waals surface area contributed by atoms with Crippen LogP contribution in [0.1, 0.15) is 27.7 Å². The molecule has 4 rings (SSSR count). The monoisotopic (exact) mass is 328 g/mol. The maximum absolute atomic E-state index is 12.6. The zero-order valence-corrected chi connectivity index (χ0v) is 13.4. The van der Waals surface area contributed by atoms with E-state index in [-0.39, 0.29) is 11.9 Å². The molecule has 25 heavy (non-hydrogen) atoms. The molecule has 1 N–H and O–H groups in total. The van der Waals surface area contributed by atoms with E-state index in [9.17, 15) is 4.79 Å². The molecular weight excluding hydrogens is 312 g/mol. The summed E-state index contributed by atoms with van der Waals surface area (Å²) in [5, 5.41) is 4.08. The van der Waals surface area contributed by atoms with Gasteiger partial charge in [0.05, 0.1) is 0 Å². The number of nitrogens with zero attached hydrogens (tertiary/aromatic N) is 1. The van der Waals surface area contributed by atoms with Gasteiger partial charge in [0.1, 0.15) is 17.4 Å². The van der Waals surface area contributed by atoms with Gasteiger partial charge in [-0.3, -0.25) is 9.78 Å². The molecule has 0 aliphatic heterocycles. The van der Waals surface area contributed by atoms with E-state index in [2.05, 4.69) is 10.3 Å². The number of carbonyl (C=O) groups is 1. The Hall–Kier alpha value is -3.40. The number of hydrogen-bond donors (Lipinski definition) is 1. The fourth-order valence-electron chi connectivity index (χ4n) is 2.83. The molecule has 0 aliphatic carbocycles. The molecular formula is C21H16N2O2. The highest BCUT2D eigenvalue weighted by Gasteiger charge is 2.21. The van der Waals surface area contributed by atoms with Crippen molar-refractivity contribution in [1.82, 2.24) is 10.3 Å². The van der Waals surface area contributed by atoms with Crippen molar-refractivity contribution in [1.29, 1.82) is 0 Å². The maximum atomic E-state index is 12.6. The second-order valence-electron chi connectivity index (χ2n) is 5.74. The molecule has 0 aliphatic rings. The quantitative estimate of drug-likeness (QED) is 0.606. The fraction of sp³-hybridized carbons (Fsp3) is 0.0476. The van der Waals surface area contributed by atoms with Crippen molar-refractivity contribution in [2.24, 2.45) is 0 Å². The fourth-order valence-corrected chi connectivity index (χ4v) is 2.83. The molecule has 2 heterocycles. The number of furan rings is 1. The molecule has 2 aromatic heterocycles. The first-order chi connectivity index (χ1) is 12.3. The topological polar surface area (TPSA) is 55.1 Å². The minimum atomic E-state index is -0.366. The van der Waals surface area contributed by atoms with Crippen molar-refractivity contribution < 1.29 is 9.21 Å². The van der Waals surface area contributed by atoms with Crippen LogP contribution in [0.2, 0.25) is 0 Å². The summed E-state index contributed by atoms with van der Waals surface area (Å²) >= 11 is 0. The number of pyridine rings is 1. The lowest BCUT2D eigenvalue weighted by atomic mass is 10.0. The van der Waals surface area contributed by atoms with Crippen LogP contribution in [-0.2, 0) is 0 Å². The Kier molecular flexibility index (Phi) is 4.01. The van der Waals surface area contributed by atoms with E-state index in [1.165, 1.54) is 0 Å². The van der Waals surface area contributed by atoms with Crippen molar-refractivity contribution in [2.75, 3.05) is 0 Å². The van der Waals surface area contributed by atoms with E-state index in [0.29, 0.717) is 11.3 Å². The standard InChI is InChI=1S/C21H16N2O2/c24-21(16-10-12-22-13-11-16)23-20(15-6-2-1-3-7-15)19-14-17-8-4-5-9-18(17)25-19/h1-14,20H,(H,23,24)/t20-/m0/s1. The van der Waals surface area contributed by atoms with Gasteiger partial charge in [0, 0.05) is 23.3 Å². The summed E-state index contributed by atoms with van der Waals surface area (Å²) in [6.07, 6.45) is 3.21. The van der Waals surface area contributed by atoms with Crippen molar-refractivity contribution in [3.63, 3.8) is 0 Å². The molecule has 4 aromatic rings. The molecule has 0 radical (unpaired) electrons. The summed E-state index contributed by atoms with van der Waals surface area (Å²) < 4.78 is 5.99. The number of aromatic nitrogens is 1. The highest BCUT2D eigenvalue weighted by atomic mass is 16.3. The summed E-state index contributed by atoms with van der Waals surface area (Å²) in [7, 11) is 0. The Balaban J connectivity index is 1.73. The zero-order chi connectivity index (χ0) is 17.1. The number of carbonyl (C=O) groups excluding carboxylic acids is 1. The predicted molar refractivity (Wildman–Crippen MR) is 96.2 cm³/mol. The van der Waals surface area contributed by atoms with Gasteiger partial charge in [0.15, 0.2) is 0 Å². The third-order valence-corrected chi connectivity index (χ3v) is 4.08. The smallest absolute Gasteiger partial charge is 0.252 e. The number of hydrogen-bond acceptors (Lipinski definition) is 3. The molecule has 0 saturated carbocycles. The van der Waals surface area contributed by atoms with Crippen LogP contribution in [0.5, 0.6) is 0 Å². The third-order valence-electron chi connectivity index (χ3n) is 4.08. The second kappa shape index (κ2) is 6.61. The van der Waals surface area contributed by atoms with Gasteiger partial charge in [-0.1, -0.05) is 48.5 Å². The van der Waals surface area contributed by atoms with E-state index < -0.39 is 0 Å². The average Bonchev–Trinajstić information content (AvgIpc) is 3.11. The molecule has 0 bridgehead atoms. The Labute approximate surface area is 145 Å². The predicted octanol–water partition coefficient (Wildman–Crippen LogP) is 4.35. The Bertz CT molecular complexity index is 961. The zero-order valence-electron chi connectivity index (χ0n) is 13.4. The molecule has 1 atom stereocenters. The van der Waals surface area contributed by atoms with Crippen LogP contribution in [-0.4, -0.2) is 10.9 Å². The van der Waals surface area contributed by atoms with Crippen molar-refractivity contribution >= 4 is 16.9 Å². The molecule has 0 fully saturated rings. The number of amides is 1. The molecule has 0 spiro atoms. The summed E-state index contributed by atoms with van der Waals surface area (Å²) in [6.45, 7) is 0. The first kappa shape index (κ1) is 15.1. The molecule has 2 aromatic carbocycles. The molecule has 0 saturated heterocycles. The van der Waals surface area contributed by atoms with Gasteiger partial charge in [-0.2, -0.15) is 0 Å². The Morgan fingerprint density at radius 1 is 0.920 bits per heavy atom. The Morgan fingerprint density at radius 3 is 2.40 bits per heavy atom. The molecule has 4 heteroatoms. The lowest BCUT2D eigenvalue weighted by Gasteiger charge is -2.17. The van der Waals surface area contributed by atoms with Crippen LogP contribution >= 0.6 is 0 Å². The summed E-state index contributed by atoms with van der Waals surface area (Å²) in [5.41, 5.74) is 2.33. The van der Waals surface area contributed by atoms with Gasteiger partial charge >= 0.3 is 0 Å².